The van der Waals surface area contributed by atoms with E-state index < -0.39 is 10.0 Å². The van der Waals surface area contributed by atoms with Crippen molar-refractivity contribution < 1.29 is 8.42 Å². The minimum Gasteiger partial charge on any atom is -0.387 e. The highest BCUT2D eigenvalue weighted by Gasteiger charge is 2.40. The van der Waals surface area contributed by atoms with E-state index in [1.807, 2.05) is 0 Å². The van der Waals surface area contributed by atoms with Crippen molar-refractivity contribution in [2.24, 2.45) is 5.92 Å². The molecule has 2 aliphatic rings. The monoisotopic (exact) mass is 309 g/mol. The van der Waals surface area contributed by atoms with E-state index in [2.05, 4.69) is 10.3 Å². The van der Waals surface area contributed by atoms with E-state index in [1.54, 1.807) is 23.6 Å². The SMILES string of the molecule is CNc1ccncc1S(=O)(=O)N1CCC[C@H]2CCCC[C@H]21. The second kappa shape index (κ2) is 5.93. The molecule has 0 radical (unpaired) electrons. The molecule has 2 fully saturated rings. The molecule has 1 aromatic rings. The summed E-state index contributed by atoms with van der Waals surface area (Å²) in [6.45, 7) is 0.640. The predicted octanol–water partition coefficient (Wildman–Crippen LogP) is 2.47. The predicted molar refractivity (Wildman–Crippen MR) is 82.7 cm³/mol. The molecule has 1 saturated carbocycles. The maximum absolute atomic E-state index is 13.1. The third kappa shape index (κ3) is 2.66. The minimum atomic E-state index is -3.47. The lowest BCUT2D eigenvalue weighted by molar-refractivity contribution is 0.129. The van der Waals surface area contributed by atoms with E-state index in [0.29, 0.717) is 23.0 Å². The van der Waals surface area contributed by atoms with Crippen molar-refractivity contribution in [2.75, 3.05) is 18.9 Å². The summed E-state index contributed by atoms with van der Waals surface area (Å²) in [7, 11) is -1.72. The number of anilines is 1. The maximum atomic E-state index is 13.1. The van der Waals surface area contributed by atoms with Gasteiger partial charge in [-0.2, -0.15) is 4.31 Å². The van der Waals surface area contributed by atoms with Crippen LogP contribution in [-0.4, -0.2) is 37.3 Å². The van der Waals surface area contributed by atoms with Crippen LogP contribution in [0.25, 0.3) is 0 Å². The van der Waals surface area contributed by atoms with Crippen LogP contribution in [0, 0.1) is 5.92 Å². The Kier molecular flexibility index (Phi) is 4.17. The minimum absolute atomic E-state index is 0.183. The lowest BCUT2D eigenvalue weighted by Crippen LogP contribution is -2.49. The molecular weight excluding hydrogens is 286 g/mol. The summed E-state index contributed by atoms with van der Waals surface area (Å²) >= 11 is 0. The molecule has 116 valence electrons. The Morgan fingerprint density at radius 3 is 2.81 bits per heavy atom. The Morgan fingerprint density at radius 2 is 2.00 bits per heavy atom. The van der Waals surface area contributed by atoms with Gasteiger partial charge in [0.25, 0.3) is 0 Å². The van der Waals surface area contributed by atoms with Crippen LogP contribution in [-0.2, 0) is 10.0 Å². The first-order chi connectivity index (χ1) is 10.1. The number of sulfonamides is 1. The number of hydrogen-bond donors (Lipinski definition) is 1. The Hall–Kier alpha value is -1.14. The van der Waals surface area contributed by atoms with Gasteiger partial charge >= 0.3 is 0 Å². The molecule has 1 aliphatic heterocycles. The van der Waals surface area contributed by atoms with Gasteiger partial charge in [-0.1, -0.05) is 12.8 Å². The van der Waals surface area contributed by atoms with Crippen LogP contribution in [0.3, 0.4) is 0 Å². The van der Waals surface area contributed by atoms with Crippen molar-refractivity contribution in [3.63, 3.8) is 0 Å². The van der Waals surface area contributed by atoms with E-state index >= 15 is 0 Å². The Morgan fingerprint density at radius 1 is 1.24 bits per heavy atom. The first-order valence-corrected chi connectivity index (χ1v) is 9.22. The number of nitrogens with zero attached hydrogens (tertiary/aromatic N) is 2. The van der Waals surface area contributed by atoms with Crippen molar-refractivity contribution in [1.29, 1.82) is 0 Å². The van der Waals surface area contributed by atoms with Crippen LogP contribution in [0.15, 0.2) is 23.4 Å². The maximum Gasteiger partial charge on any atom is 0.246 e. The van der Waals surface area contributed by atoms with Gasteiger partial charge in [-0.15, -0.1) is 0 Å². The van der Waals surface area contributed by atoms with Gasteiger partial charge in [0.15, 0.2) is 0 Å². The van der Waals surface area contributed by atoms with Crippen molar-refractivity contribution in [1.82, 2.24) is 9.29 Å². The molecule has 1 aromatic heterocycles. The number of aromatic nitrogens is 1. The van der Waals surface area contributed by atoms with Gasteiger partial charge in [0.05, 0.1) is 5.69 Å². The van der Waals surface area contributed by atoms with Crippen LogP contribution in [0.2, 0.25) is 0 Å². The van der Waals surface area contributed by atoms with Crippen LogP contribution in [0.1, 0.15) is 38.5 Å². The molecule has 3 rings (SSSR count). The third-order valence-electron chi connectivity index (χ3n) is 4.83. The van der Waals surface area contributed by atoms with Gasteiger partial charge in [0.1, 0.15) is 4.90 Å². The molecule has 1 aliphatic carbocycles. The van der Waals surface area contributed by atoms with Gasteiger partial charge in [-0.25, -0.2) is 8.42 Å². The van der Waals surface area contributed by atoms with E-state index in [0.717, 1.165) is 19.3 Å². The van der Waals surface area contributed by atoms with E-state index in [1.165, 1.54) is 25.5 Å². The molecule has 1 saturated heterocycles. The highest BCUT2D eigenvalue weighted by molar-refractivity contribution is 7.89. The lowest BCUT2D eigenvalue weighted by atomic mass is 9.79. The topological polar surface area (TPSA) is 62.3 Å². The number of fused-ring (bicyclic) bond motifs is 1. The molecule has 0 spiro atoms. The fourth-order valence-corrected chi connectivity index (χ4v) is 5.69. The van der Waals surface area contributed by atoms with Gasteiger partial charge in [0, 0.05) is 32.0 Å². The Balaban J connectivity index is 1.96. The fourth-order valence-electron chi connectivity index (χ4n) is 3.80. The van der Waals surface area contributed by atoms with Crippen molar-refractivity contribution in [3.8, 4) is 0 Å². The number of pyridine rings is 1. The lowest BCUT2D eigenvalue weighted by Gasteiger charge is -2.43. The molecule has 21 heavy (non-hydrogen) atoms. The van der Waals surface area contributed by atoms with Gasteiger partial charge in [-0.3, -0.25) is 4.98 Å². The molecule has 0 aromatic carbocycles. The van der Waals surface area contributed by atoms with Crippen molar-refractivity contribution in [3.05, 3.63) is 18.5 Å². The molecule has 5 nitrogen and oxygen atoms in total. The van der Waals surface area contributed by atoms with Gasteiger partial charge in [-0.05, 0) is 37.7 Å². The second-order valence-corrected chi connectivity index (χ2v) is 7.85. The van der Waals surface area contributed by atoms with Crippen LogP contribution in [0.5, 0.6) is 0 Å². The summed E-state index contributed by atoms with van der Waals surface area (Å²) in [5, 5.41) is 2.97. The average molecular weight is 309 g/mol. The van der Waals surface area contributed by atoms with E-state index in [-0.39, 0.29) is 6.04 Å². The van der Waals surface area contributed by atoms with Crippen LogP contribution >= 0.6 is 0 Å². The highest BCUT2D eigenvalue weighted by Crippen LogP contribution is 2.38. The standard InChI is InChI=1S/C15H23N3O2S/c1-16-13-8-9-17-11-15(13)21(19,20)18-10-4-6-12-5-2-3-7-14(12)18/h8-9,11-12,14H,2-7,10H2,1H3,(H,16,17)/t12-,14-/m1/s1. The number of hydrogen-bond acceptors (Lipinski definition) is 4. The molecular formula is C15H23N3O2S. The summed E-state index contributed by atoms with van der Waals surface area (Å²) < 4.78 is 27.9. The molecule has 1 N–H and O–H groups in total. The van der Waals surface area contributed by atoms with Gasteiger partial charge < -0.3 is 5.32 Å². The number of rotatable bonds is 3. The van der Waals surface area contributed by atoms with E-state index in [9.17, 15) is 8.42 Å². The molecule has 0 amide bonds. The number of nitrogens with one attached hydrogen (secondary N) is 1. The van der Waals surface area contributed by atoms with Crippen molar-refractivity contribution >= 4 is 15.7 Å². The summed E-state index contributed by atoms with van der Waals surface area (Å²) in [6.07, 6.45) is 9.76. The fraction of sp³-hybridized carbons (Fsp3) is 0.667. The van der Waals surface area contributed by atoms with Crippen molar-refractivity contribution in [2.45, 2.75) is 49.5 Å². The zero-order chi connectivity index (χ0) is 14.9. The largest absolute Gasteiger partial charge is 0.387 e. The normalized spacial score (nSPS) is 27.1. The van der Waals surface area contributed by atoms with E-state index in [4.69, 9.17) is 0 Å². The highest BCUT2D eigenvalue weighted by atomic mass is 32.2. The summed E-state index contributed by atoms with van der Waals surface area (Å²) in [6, 6.07) is 1.90. The number of piperidine rings is 1. The molecule has 2 atom stereocenters. The Bertz CT molecular complexity index is 601. The van der Waals surface area contributed by atoms with Crippen LogP contribution < -0.4 is 5.32 Å². The third-order valence-corrected chi connectivity index (χ3v) is 6.78. The quantitative estimate of drug-likeness (QED) is 0.931. The summed E-state index contributed by atoms with van der Waals surface area (Å²) in [5.74, 6) is 0.539. The summed E-state index contributed by atoms with van der Waals surface area (Å²) in [5.41, 5.74) is 0.628. The molecule has 0 unspecified atom stereocenters. The molecule has 6 heteroatoms. The average Bonchev–Trinajstić information content (AvgIpc) is 2.54. The molecule has 2 heterocycles. The second-order valence-electron chi connectivity index (χ2n) is 5.99. The first kappa shape index (κ1) is 14.8. The Labute approximate surface area is 126 Å². The van der Waals surface area contributed by atoms with Crippen LogP contribution in [0.4, 0.5) is 5.69 Å². The summed E-state index contributed by atoms with van der Waals surface area (Å²) in [4.78, 5) is 4.32. The smallest absolute Gasteiger partial charge is 0.246 e. The molecule has 0 bridgehead atoms. The first-order valence-electron chi connectivity index (χ1n) is 7.78. The zero-order valence-electron chi connectivity index (χ0n) is 12.5. The zero-order valence-corrected chi connectivity index (χ0v) is 13.3. The van der Waals surface area contributed by atoms with Gasteiger partial charge in [0.2, 0.25) is 10.0 Å².